The van der Waals surface area contributed by atoms with E-state index in [0.717, 1.165) is 27.7 Å². The van der Waals surface area contributed by atoms with Crippen molar-refractivity contribution in [3.8, 4) is 17.2 Å². The number of amidine groups is 1. The minimum atomic E-state index is -0.119. The van der Waals surface area contributed by atoms with Crippen molar-refractivity contribution in [1.29, 1.82) is 0 Å². The van der Waals surface area contributed by atoms with E-state index in [1.54, 1.807) is 21.3 Å². The Morgan fingerprint density at radius 2 is 1.71 bits per heavy atom. The molecule has 0 amide bonds. The lowest BCUT2D eigenvalue weighted by atomic mass is 10.1. The van der Waals surface area contributed by atoms with E-state index in [-0.39, 0.29) is 6.04 Å². The molecule has 1 heterocycles. The second-order valence-corrected chi connectivity index (χ2v) is 7.28. The van der Waals surface area contributed by atoms with Crippen LogP contribution in [0.4, 0.5) is 5.95 Å². The van der Waals surface area contributed by atoms with Crippen molar-refractivity contribution in [3.05, 3.63) is 47.2 Å². The van der Waals surface area contributed by atoms with E-state index in [4.69, 9.17) is 19.9 Å². The molecule has 164 valence electrons. The molecular formula is C23H29N5O3. The summed E-state index contributed by atoms with van der Waals surface area (Å²) in [5.74, 6) is 2.71. The number of hydrogen-bond acceptors (Lipinski definition) is 7. The number of benzene rings is 2. The zero-order chi connectivity index (χ0) is 22.5. The van der Waals surface area contributed by atoms with E-state index >= 15 is 0 Å². The second kappa shape index (κ2) is 9.61. The molecule has 0 bridgehead atoms. The van der Waals surface area contributed by atoms with Gasteiger partial charge in [0.25, 0.3) is 5.95 Å². The van der Waals surface area contributed by atoms with Crippen LogP contribution in [-0.2, 0) is 0 Å². The largest absolute Gasteiger partial charge is 0.496 e. The quantitative estimate of drug-likeness (QED) is 0.421. The second-order valence-electron chi connectivity index (χ2n) is 7.28. The van der Waals surface area contributed by atoms with Crippen LogP contribution >= 0.6 is 0 Å². The van der Waals surface area contributed by atoms with Gasteiger partial charge in [-0.15, -0.1) is 0 Å². The zero-order valence-corrected chi connectivity index (χ0v) is 18.8. The zero-order valence-electron chi connectivity index (χ0n) is 18.8. The number of hydrogen-bond donors (Lipinski definition) is 2. The number of aliphatic imine (C=N–C) groups is 1. The predicted octanol–water partition coefficient (Wildman–Crippen LogP) is 3.61. The van der Waals surface area contributed by atoms with Gasteiger partial charge in [0.05, 0.1) is 44.6 Å². The Labute approximate surface area is 182 Å². The molecule has 8 heteroatoms. The van der Waals surface area contributed by atoms with Crippen LogP contribution in [0.1, 0.15) is 29.8 Å². The summed E-state index contributed by atoms with van der Waals surface area (Å²) in [4.78, 5) is 13.4. The average Bonchev–Trinajstić information content (AvgIpc) is 2.76. The molecular weight excluding hydrogens is 394 g/mol. The van der Waals surface area contributed by atoms with Gasteiger partial charge in [0.15, 0.2) is 0 Å². The van der Waals surface area contributed by atoms with Crippen LogP contribution in [0, 0.1) is 13.8 Å². The summed E-state index contributed by atoms with van der Waals surface area (Å²) in [5, 5.41) is 4.37. The van der Waals surface area contributed by atoms with Gasteiger partial charge in [-0.2, -0.15) is 4.99 Å². The number of nitrogens with zero attached hydrogens (tertiary/aromatic N) is 3. The maximum absolute atomic E-state index is 6.16. The fourth-order valence-corrected chi connectivity index (χ4v) is 3.42. The van der Waals surface area contributed by atoms with Gasteiger partial charge < -0.3 is 25.3 Å². The molecule has 0 saturated carbocycles. The third kappa shape index (κ3) is 5.03. The van der Waals surface area contributed by atoms with Gasteiger partial charge >= 0.3 is 0 Å². The molecule has 0 spiro atoms. The number of nitrogens with two attached hydrogens (primary N) is 1. The number of ether oxygens (including phenoxy) is 3. The molecule has 1 atom stereocenters. The van der Waals surface area contributed by atoms with Crippen LogP contribution < -0.4 is 25.3 Å². The number of aryl methyl sites for hydroxylation is 2. The molecule has 1 unspecified atom stereocenters. The van der Waals surface area contributed by atoms with Crippen molar-refractivity contribution in [3.63, 3.8) is 0 Å². The summed E-state index contributed by atoms with van der Waals surface area (Å²) in [6.45, 7) is 6.33. The number of methoxy groups -OCH3 is 3. The van der Waals surface area contributed by atoms with E-state index in [1.165, 1.54) is 0 Å². The molecule has 0 saturated heterocycles. The van der Waals surface area contributed by atoms with Crippen LogP contribution in [0.3, 0.4) is 0 Å². The molecule has 3 rings (SSSR count). The predicted molar refractivity (Wildman–Crippen MR) is 123 cm³/mol. The summed E-state index contributed by atoms with van der Waals surface area (Å²) in [5.41, 5.74) is 9.91. The molecule has 0 aliphatic carbocycles. The van der Waals surface area contributed by atoms with E-state index in [2.05, 4.69) is 26.3 Å². The monoisotopic (exact) mass is 423 g/mol. The van der Waals surface area contributed by atoms with E-state index in [1.807, 2.05) is 45.0 Å². The van der Waals surface area contributed by atoms with Crippen molar-refractivity contribution in [1.82, 2.24) is 15.3 Å². The van der Waals surface area contributed by atoms with Crippen molar-refractivity contribution >= 4 is 22.7 Å². The van der Waals surface area contributed by atoms with Crippen LogP contribution in [-0.4, -0.2) is 43.7 Å². The highest BCUT2D eigenvalue weighted by atomic mass is 16.5. The molecule has 3 N–H and O–H groups in total. The third-order valence-electron chi connectivity index (χ3n) is 5.05. The minimum Gasteiger partial charge on any atom is -0.496 e. The van der Waals surface area contributed by atoms with Gasteiger partial charge in [0, 0.05) is 23.6 Å². The standard InChI is InChI=1S/C23H29N5O3/c1-13-7-8-18-17(9-13)14(2)26-23(27-18)28-21(24)12-25-15(3)22-19(30-5)10-16(29-4)11-20(22)31-6/h7-11,15,25H,12H2,1-6H3,(H2,24,26,27,28). The number of fused-ring (bicyclic) bond motifs is 1. The molecule has 0 aliphatic heterocycles. The van der Waals surface area contributed by atoms with Crippen molar-refractivity contribution in [2.45, 2.75) is 26.8 Å². The SMILES string of the molecule is COc1cc(OC)c(C(C)NCC(N)=Nc2nc(C)c3cc(C)ccc3n2)c(OC)c1. The van der Waals surface area contributed by atoms with Gasteiger partial charge in [-0.25, -0.2) is 9.97 Å². The van der Waals surface area contributed by atoms with Gasteiger partial charge in [-0.1, -0.05) is 11.6 Å². The number of aromatic nitrogens is 2. The van der Waals surface area contributed by atoms with Crippen molar-refractivity contribution in [2.24, 2.45) is 10.7 Å². The highest BCUT2D eigenvalue weighted by Gasteiger charge is 2.19. The number of rotatable bonds is 8. The first-order valence-corrected chi connectivity index (χ1v) is 9.97. The Bertz CT molecular complexity index is 1090. The van der Waals surface area contributed by atoms with Crippen LogP contribution in [0.25, 0.3) is 10.9 Å². The lowest BCUT2D eigenvalue weighted by Gasteiger charge is -2.21. The molecule has 0 radical (unpaired) electrons. The fraction of sp³-hybridized carbons (Fsp3) is 0.348. The average molecular weight is 424 g/mol. The first kappa shape index (κ1) is 22.3. The van der Waals surface area contributed by atoms with Crippen molar-refractivity contribution < 1.29 is 14.2 Å². The maximum atomic E-state index is 6.16. The fourth-order valence-electron chi connectivity index (χ4n) is 3.42. The summed E-state index contributed by atoms with van der Waals surface area (Å²) in [6.07, 6.45) is 0. The molecule has 8 nitrogen and oxygen atoms in total. The van der Waals surface area contributed by atoms with Gasteiger partial charge in [-0.3, -0.25) is 0 Å². The highest BCUT2D eigenvalue weighted by Crippen LogP contribution is 2.38. The number of nitrogens with one attached hydrogen (secondary N) is 1. The highest BCUT2D eigenvalue weighted by molar-refractivity contribution is 5.86. The van der Waals surface area contributed by atoms with Gasteiger partial charge in [0.2, 0.25) is 0 Å². The lowest BCUT2D eigenvalue weighted by molar-refractivity contribution is 0.361. The van der Waals surface area contributed by atoms with E-state index in [9.17, 15) is 0 Å². The molecule has 1 aromatic heterocycles. The molecule has 31 heavy (non-hydrogen) atoms. The van der Waals surface area contributed by atoms with Crippen LogP contribution in [0.5, 0.6) is 17.2 Å². The third-order valence-corrected chi connectivity index (χ3v) is 5.05. The van der Waals surface area contributed by atoms with Crippen LogP contribution in [0.15, 0.2) is 35.3 Å². The van der Waals surface area contributed by atoms with Crippen LogP contribution in [0.2, 0.25) is 0 Å². The molecule has 2 aromatic carbocycles. The summed E-state index contributed by atoms with van der Waals surface area (Å²) in [6, 6.07) is 9.58. The molecule has 3 aromatic rings. The maximum Gasteiger partial charge on any atom is 0.251 e. The minimum absolute atomic E-state index is 0.119. The summed E-state index contributed by atoms with van der Waals surface area (Å²) < 4.78 is 16.4. The Hall–Kier alpha value is -3.39. The van der Waals surface area contributed by atoms with E-state index < -0.39 is 0 Å². The topological polar surface area (TPSA) is 104 Å². The lowest BCUT2D eigenvalue weighted by Crippen LogP contribution is -2.31. The Balaban J connectivity index is 1.79. The Morgan fingerprint density at radius 1 is 1.03 bits per heavy atom. The summed E-state index contributed by atoms with van der Waals surface area (Å²) >= 11 is 0. The first-order chi connectivity index (χ1) is 14.9. The normalized spacial score (nSPS) is 12.6. The summed E-state index contributed by atoms with van der Waals surface area (Å²) in [7, 11) is 4.83. The van der Waals surface area contributed by atoms with Gasteiger partial charge in [-0.05, 0) is 32.9 Å². The Morgan fingerprint density at radius 3 is 2.32 bits per heavy atom. The van der Waals surface area contributed by atoms with Gasteiger partial charge in [0.1, 0.15) is 23.1 Å². The molecule has 0 fully saturated rings. The van der Waals surface area contributed by atoms with E-state index in [0.29, 0.717) is 35.6 Å². The smallest absolute Gasteiger partial charge is 0.251 e. The molecule has 0 aliphatic rings. The first-order valence-electron chi connectivity index (χ1n) is 9.97. The van der Waals surface area contributed by atoms with Crippen molar-refractivity contribution in [2.75, 3.05) is 27.9 Å². The Kier molecular flexibility index (Phi) is 6.91.